The lowest BCUT2D eigenvalue weighted by Gasteiger charge is -1.99. The molecule has 0 unspecified atom stereocenters. The normalized spacial score (nSPS) is 9.93. The third-order valence-corrected chi connectivity index (χ3v) is 2.51. The second-order valence-corrected chi connectivity index (χ2v) is 3.82. The Morgan fingerprint density at radius 3 is 2.57 bits per heavy atom. The Morgan fingerprint density at radius 1 is 1.57 bits per heavy atom. The van der Waals surface area contributed by atoms with Crippen LogP contribution in [0.4, 0.5) is 10.1 Å². The van der Waals surface area contributed by atoms with Crippen LogP contribution < -0.4 is 0 Å². The summed E-state index contributed by atoms with van der Waals surface area (Å²) in [6, 6.07) is 1.72. The predicted octanol–water partition coefficient (Wildman–Crippen LogP) is 2.72. The number of nitrogens with zero attached hydrogens (tertiary/aromatic N) is 1. The molecule has 0 aliphatic heterocycles. The molecule has 7 heteroatoms. The smallest absolute Gasteiger partial charge is 0.275 e. The van der Waals surface area contributed by atoms with Crippen LogP contribution >= 0.6 is 34.2 Å². The number of hydrogen-bond donors (Lipinski definition) is 0. The quantitative estimate of drug-likeness (QED) is 0.363. The second kappa shape index (κ2) is 4.18. The average molecular weight is 329 g/mol. The molecule has 0 heterocycles. The maximum absolute atomic E-state index is 13.0. The van der Waals surface area contributed by atoms with Crippen molar-refractivity contribution in [2.24, 2.45) is 0 Å². The van der Waals surface area contributed by atoms with Crippen molar-refractivity contribution < 1.29 is 14.1 Å². The SMILES string of the molecule is O=C(Cl)c1cc([N+](=O)[O-])c(I)cc1F. The summed E-state index contributed by atoms with van der Waals surface area (Å²) in [5.41, 5.74) is -0.824. The highest BCUT2D eigenvalue weighted by Crippen LogP contribution is 2.25. The van der Waals surface area contributed by atoms with Crippen LogP contribution in [-0.2, 0) is 0 Å². The van der Waals surface area contributed by atoms with E-state index in [0.29, 0.717) is 0 Å². The van der Waals surface area contributed by atoms with Crippen LogP contribution in [0.5, 0.6) is 0 Å². The van der Waals surface area contributed by atoms with Crippen LogP contribution in [0, 0.1) is 19.5 Å². The monoisotopic (exact) mass is 329 g/mol. The number of nitro groups is 1. The highest BCUT2D eigenvalue weighted by atomic mass is 127. The first-order valence-corrected chi connectivity index (χ1v) is 4.72. The third-order valence-electron chi connectivity index (χ3n) is 1.44. The van der Waals surface area contributed by atoms with Gasteiger partial charge in [-0.25, -0.2) is 4.39 Å². The van der Waals surface area contributed by atoms with Crippen LogP contribution in [0.3, 0.4) is 0 Å². The summed E-state index contributed by atoms with van der Waals surface area (Å²) in [5.74, 6) is -0.861. The molecule has 74 valence electrons. The Bertz CT molecular complexity index is 388. The average Bonchev–Trinajstić information content (AvgIpc) is 2.02. The van der Waals surface area contributed by atoms with E-state index in [4.69, 9.17) is 11.6 Å². The van der Waals surface area contributed by atoms with Crippen LogP contribution in [0.2, 0.25) is 0 Å². The van der Waals surface area contributed by atoms with Gasteiger partial charge in [0.2, 0.25) is 0 Å². The van der Waals surface area contributed by atoms with Crippen molar-refractivity contribution >= 4 is 45.1 Å². The summed E-state index contributed by atoms with van der Waals surface area (Å²) in [6.07, 6.45) is 0. The van der Waals surface area contributed by atoms with Crippen LogP contribution in [0.25, 0.3) is 0 Å². The minimum atomic E-state index is -1.05. The molecule has 4 nitrogen and oxygen atoms in total. The second-order valence-electron chi connectivity index (χ2n) is 2.31. The minimum Gasteiger partial charge on any atom is -0.275 e. The van der Waals surface area contributed by atoms with Crippen molar-refractivity contribution in [3.8, 4) is 0 Å². The third kappa shape index (κ3) is 2.18. The van der Waals surface area contributed by atoms with Gasteiger partial charge in [-0.1, -0.05) is 0 Å². The van der Waals surface area contributed by atoms with Gasteiger partial charge in [0.15, 0.2) is 0 Å². The lowest BCUT2D eigenvalue weighted by Crippen LogP contribution is -1.99. The minimum absolute atomic E-state index is 0.117. The summed E-state index contributed by atoms with van der Waals surface area (Å²) in [4.78, 5) is 20.4. The van der Waals surface area contributed by atoms with E-state index < -0.39 is 21.5 Å². The summed E-state index contributed by atoms with van der Waals surface area (Å²) >= 11 is 6.64. The van der Waals surface area contributed by atoms with E-state index in [1.54, 1.807) is 22.6 Å². The van der Waals surface area contributed by atoms with E-state index in [1.807, 2.05) is 0 Å². The Labute approximate surface area is 96.3 Å². The number of carbonyl (C=O) groups is 1. The van der Waals surface area contributed by atoms with Gasteiger partial charge in [-0.3, -0.25) is 14.9 Å². The Morgan fingerprint density at radius 2 is 2.14 bits per heavy atom. The summed E-state index contributed by atoms with van der Waals surface area (Å²) in [7, 11) is 0. The van der Waals surface area contributed by atoms with Gasteiger partial charge >= 0.3 is 0 Å². The molecular formula is C7H2ClFINO3. The van der Waals surface area contributed by atoms with Gasteiger partial charge in [0.1, 0.15) is 5.82 Å². The van der Waals surface area contributed by atoms with Crippen molar-refractivity contribution in [2.45, 2.75) is 0 Å². The molecule has 1 aromatic carbocycles. The Balaban J connectivity index is 3.42. The fourth-order valence-corrected chi connectivity index (χ4v) is 1.60. The number of halogens is 3. The van der Waals surface area contributed by atoms with E-state index in [2.05, 4.69) is 0 Å². The number of benzene rings is 1. The van der Waals surface area contributed by atoms with Crippen LogP contribution in [0.15, 0.2) is 12.1 Å². The molecule has 0 aliphatic carbocycles. The molecule has 0 aromatic heterocycles. The lowest BCUT2D eigenvalue weighted by atomic mass is 10.2. The standard InChI is InChI=1S/C7H2ClFINO3/c8-7(12)3-1-6(11(13)14)5(10)2-4(3)9/h1-2H. The molecule has 0 N–H and O–H groups in total. The van der Waals surface area contributed by atoms with Gasteiger partial charge in [0, 0.05) is 6.07 Å². The summed E-state index contributed by atoms with van der Waals surface area (Å²) in [5, 5.41) is 9.38. The fourth-order valence-electron chi connectivity index (χ4n) is 0.828. The zero-order valence-corrected chi connectivity index (χ0v) is 9.37. The number of nitro benzene ring substituents is 1. The maximum atomic E-state index is 13.0. The van der Waals surface area contributed by atoms with Gasteiger partial charge in [-0.05, 0) is 40.3 Å². The molecule has 0 saturated heterocycles. The zero-order chi connectivity index (χ0) is 10.9. The van der Waals surface area contributed by atoms with E-state index >= 15 is 0 Å². The maximum Gasteiger partial charge on any atom is 0.283 e. The molecule has 0 amide bonds. The van der Waals surface area contributed by atoms with Crippen molar-refractivity contribution in [2.75, 3.05) is 0 Å². The molecule has 1 rings (SSSR count). The predicted molar refractivity (Wildman–Crippen MR) is 56.0 cm³/mol. The zero-order valence-electron chi connectivity index (χ0n) is 6.46. The molecule has 0 bridgehead atoms. The highest BCUT2D eigenvalue weighted by molar-refractivity contribution is 14.1. The van der Waals surface area contributed by atoms with E-state index in [-0.39, 0.29) is 9.26 Å². The van der Waals surface area contributed by atoms with Crippen molar-refractivity contribution in [3.05, 3.63) is 37.2 Å². The first-order chi connectivity index (χ1) is 6.43. The molecule has 1 aromatic rings. The highest BCUT2D eigenvalue weighted by Gasteiger charge is 2.19. The van der Waals surface area contributed by atoms with Gasteiger partial charge < -0.3 is 0 Å². The van der Waals surface area contributed by atoms with Gasteiger partial charge in [-0.15, -0.1) is 0 Å². The molecule has 0 atom stereocenters. The molecule has 14 heavy (non-hydrogen) atoms. The summed E-state index contributed by atoms with van der Waals surface area (Å²) < 4.78 is 13.1. The van der Waals surface area contributed by atoms with Crippen LogP contribution in [0.1, 0.15) is 10.4 Å². The van der Waals surface area contributed by atoms with E-state index in [9.17, 15) is 19.3 Å². The molecule has 0 spiro atoms. The molecule has 0 radical (unpaired) electrons. The Kier molecular flexibility index (Phi) is 3.38. The summed E-state index contributed by atoms with van der Waals surface area (Å²) in [6.45, 7) is 0. The fraction of sp³-hybridized carbons (Fsp3) is 0. The Hall–Kier alpha value is -0.760. The first-order valence-electron chi connectivity index (χ1n) is 3.26. The van der Waals surface area contributed by atoms with Gasteiger partial charge in [0.05, 0.1) is 14.1 Å². The number of hydrogen-bond acceptors (Lipinski definition) is 3. The van der Waals surface area contributed by atoms with Crippen molar-refractivity contribution in [3.63, 3.8) is 0 Å². The first kappa shape index (κ1) is 11.3. The molecule has 0 aliphatic rings. The molecule has 0 saturated carbocycles. The topological polar surface area (TPSA) is 60.2 Å². The molecule has 0 fully saturated rings. The largest absolute Gasteiger partial charge is 0.283 e. The number of rotatable bonds is 2. The van der Waals surface area contributed by atoms with Gasteiger partial charge in [-0.2, -0.15) is 0 Å². The van der Waals surface area contributed by atoms with Crippen LogP contribution in [-0.4, -0.2) is 10.2 Å². The number of carbonyl (C=O) groups excluding carboxylic acids is 1. The van der Waals surface area contributed by atoms with Crippen molar-refractivity contribution in [1.29, 1.82) is 0 Å². The van der Waals surface area contributed by atoms with Gasteiger partial charge in [0.25, 0.3) is 10.9 Å². The van der Waals surface area contributed by atoms with Crippen molar-refractivity contribution in [1.82, 2.24) is 0 Å². The lowest BCUT2D eigenvalue weighted by molar-refractivity contribution is -0.385. The van der Waals surface area contributed by atoms with E-state index in [0.717, 1.165) is 12.1 Å². The van der Waals surface area contributed by atoms with E-state index in [1.165, 1.54) is 0 Å². The molecular weight excluding hydrogens is 327 g/mol.